The number of nitrogens with zero attached hydrogens (tertiary/aromatic N) is 3. The average molecular weight is 212 g/mol. The average Bonchev–Trinajstić information content (AvgIpc) is 2.70. The van der Waals surface area contributed by atoms with Crippen LogP contribution in [0.4, 0.5) is 5.13 Å². The van der Waals surface area contributed by atoms with Crippen molar-refractivity contribution in [3.05, 3.63) is 11.7 Å². The standard InChI is InChI=1S/C7H8N4S2/c1-2-9-7-11-10-6(13-7)5-3-8-4-12-5/h3-4H,2H2,1H3,(H,9,11). The second-order valence-corrected chi connectivity index (χ2v) is 4.17. The third kappa shape index (κ3) is 1.84. The summed E-state index contributed by atoms with van der Waals surface area (Å²) in [6.07, 6.45) is 1.81. The van der Waals surface area contributed by atoms with Crippen LogP contribution in [0.2, 0.25) is 0 Å². The Hall–Kier alpha value is -1.01. The first kappa shape index (κ1) is 8.58. The molecule has 0 unspecified atom stereocenters. The third-order valence-corrected chi connectivity index (χ3v) is 3.22. The maximum absolute atomic E-state index is 4.05. The van der Waals surface area contributed by atoms with E-state index in [1.807, 2.05) is 6.92 Å². The predicted molar refractivity (Wildman–Crippen MR) is 55.2 cm³/mol. The number of nitrogens with one attached hydrogen (secondary N) is 1. The van der Waals surface area contributed by atoms with Crippen LogP contribution in [-0.2, 0) is 0 Å². The molecule has 2 heterocycles. The third-order valence-electron chi connectivity index (χ3n) is 1.40. The molecule has 2 aromatic heterocycles. The highest BCUT2D eigenvalue weighted by Crippen LogP contribution is 2.28. The van der Waals surface area contributed by atoms with Crippen molar-refractivity contribution >= 4 is 27.8 Å². The Labute approximate surface area is 83.7 Å². The van der Waals surface area contributed by atoms with Crippen molar-refractivity contribution in [3.63, 3.8) is 0 Å². The molecule has 0 aliphatic rings. The zero-order valence-electron chi connectivity index (χ0n) is 7.02. The van der Waals surface area contributed by atoms with E-state index in [9.17, 15) is 0 Å². The minimum Gasteiger partial charge on any atom is -0.360 e. The summed E-state index contributed by atoms with van der Waals surface area (Å²) in [6, 6.07) is 0. The lowest BCUT2D eigenvalue weighted by atomic mass is 10.6. The molecule has 4 nitrogen and oxygen atoms in total. The largest absolute Gasteiger partial charge is 0.360 e. The molecule has 0 bridgehead atoms. The molecule has 1 N–H and O–H groups in total. The van der Waals surface area contributed by atoms with Gasteiger partial charge in [-0.3, -0.25) is 4.98 Å². The fraction of sp³-hybridized carbons (Fsp3) is 0.286. The molecule has 0 radical (unpaired) electrons. The monoisotopic (exact) mass is 212 g/mol. The normalized spacial score (nSPS) is 10.2. The summed E-state index contributed by atoms with van der Waals surface area (Å²) >= 11 is 3.13. The van der Waals surface area contributed by atoms with Crippen molar-refractivity contribution in [3.8, 4) is 9.88 Å². The van der Waals surface area contributed by atoms with Gasteiger partial charge < -0.3 is 5.32 Å². The molecule has 6 heteroatoms. The Kier molecular flexibility index (Phi) is 2.51. The van der Waals surface area contributed by atoms with Gasteiger partial charge >= 0.3 is 0 Å². The highest BCUT2D eigenvalue weighted by Gasteiger charge is 2.06. The highest BCUT2D eigenvalue weighted by molar-refractivity contribution is 7.22. The molecule has 68 valence electrons. The van der Waals surface area contributed by atoms with Gasteiger partial charge in [-0.15, -0.1) is 21.5 Å². The van der Waals surface area contributed by atoms with Crippen molar-refractivity contribution in [1.82, 2.24) is 15.2 Å². The Morgan fingerprint density at radius 1 is 1.46 bits per heavy atom. The van der Waals surface area contributed by atoms with Crippen molar-refractivity contribution in [2.75, 3.05) is 11.9 Å². The van der Waals surface area contributed by atoms with Crippen LogP contribution in [0.5, 0.6) is 0 Å². The first-order valence-electron chi connectivity index (χ1n) is 3.86. The summed E-state index contributed by atoms with van der Waals surface area (Å²) in [5.74, 6) is 0. The molecule has 0 aromatic carbocycles. The summed E-state index contributed by atoms with van der Waals surface area (Å²) in [5, 5.41) is 13.0. The Morgan fingerprint density at radius 2 is 2.38 bits per heavy atom. The number of hydrogen-bond acceptors (Lipinski definition) is 6. The van der Waals surface area contributed by atoms with E-state index in [2.05, 4.69) is 20.5 Å². The van der Waals surface area contributed by atoms with E-state index < -0.39 is 0 Å². The minimum atomic E-state index is 0.867. The summed E-state index contributed by atoms with van der Waals surface area (Å²) in [5.41, 5.74) is 1.80. The SMILES string of the molecule is CCNc1nnc(-c2cncs2)s1. The van der Waals surface area contributed by atoms with Crippen LogP contribution in [0.3, 0.4) is 0 Å². The van der Waals surface area contributed by atoms with Gasteiger partial charge in [0, 0.05) is 12.7 Å². The van der Waals surface area contributed by atoms with Crippen molar-refractivity contribution in [2.45, 2.75) is 6.92 Å². The summed E-state index contributed by atoms with van der Waals surface area (Å²) < 4.78 is 0. The van der Waals surface area contributed by atoms with Crippen LogP contribution < -0.4 is 5.32 Å². The molecular formula is C7H8N4S2. The molecule has 13 heavy (non-hydrogen) atoms. The lowest BCUT2D eigenvalue weighted by Crippen LogP contribution is -1.94. The summed E-state index contributed by atoms with van der Waals surface area (Å²) in [4.78, 5) is 5.06. The predicted octanol–water partition coefficient (Wildman–Crippen LogP) is 2.09. The second-order valence-electron chi connectivity index (χ2n) is 2.31. The van der Waals surface area contributed by atoms with Gasteiger partial charge in [-0.2, -0.15) is 0 Å². The number of aromatic nitrogens is 3. The fourth-order valence-corrected chi connectivity index (χ4v) is 2.35. The van der Waals surface area contributed by atoms with Gasteiger partial charge in [0.2, 0.25) is 5.13 Å². The topological polar surface area (TPSA) is 50.7 Å². The maximum Gasteiger partial charge on any atom is 0.206 e. The zero-order chi connectivity index (χ0) is 9.10. The molecule has 0 spiro atoms. The molecular weight excluding hydrogens is 204 g/mol. The van der Waals surface area contributed by atoms with Gasteiger partial charge in [0.25, 0.3) is 0 Å². The van der Waals surface area contributed by atoms with Crippen LogP contribution in [0.25, 0.3) is 9.88 Å². The van der Waals surface area contributed by atoms with Crippen molar-refractivity contribution in [1.29, 1.82) is 0 Å². The zero-order valence-corrected chi connectivity index (χ0v) is 8.65. The van der Waals surface area contributed by atoms with E-state index in [-0.39, 0.29) is 0 Å². The van der Waals surface area contributed by atoms with Crippen LogP contribution in [-0.4, -0.2) is 21.7 Å². The molecule has 0 saturated carbocycles. The molecule has 0 saturated heterocycles. The maximum atomic E-state index is 4.05. The van der Waals surface area contributed by atoms with E-state index in [0.717, 1.165) is 21.6 Å². The van der Waals surface area contributed by atoms with E-state index in [1.54, 1.807) is 34.4 Å². The van der Waals surface area contributed by atoms with Gasteiger partial charge in [0.05, 0.1) is 10.4 Å². The van der Waals surface area contributed by atoms with Crippen LogP contribution >= 0.6 is 22.7 Å². The first-order valence-corrected chi connectivity index (χ1v) is 5.56. The van der Waals surface area contributed by atoms with E-state index in [1.165, 1.54) is 0 Å². The van der Waals surface area contributed by atoms with Crippen molar-refractivity contribution in [2.24, 2.45) is 0 Å². The van der Waals surface area contributed by atoms with E-state index >= 15 is 0 Å². The molecule has 0 fully saturated rings. The quantitative estimate of drug-likeness (QED) is 0.846. The lowest BCUT2D eigenvalue weighted by Gasteiger charge is -1.90. The molecule has 0 aliphatic carbocycles. The smallest absolute Gasteiger partial charge is 0.206 e. The van der Waals surface area contributed by atoms with Crippen molar-refractivity contribution < 1.29 is 0 Å². The van der Waals surface area contributed by atoms with Gasteiger partial charge in [0.15, 0.2) is 5.01 Å². The Morgan fingerprint density at radius 3 is 3.08 bits per heavy atom. The molecule has 2 rings (SSSR count). The molecule has 0 aliphatic heterocycles. The molecule has 0 atom stereocenters. The Bertz CT molecular complexity index is 368. The first-order chi connectivity index (χ1) is 6.40. The van der Waals surface area contributed by atoms with Crippen LogP contribution in [0.15, 0.2) is 11.7 Å². The minimum absolute atomic E-state index is 0.867. The number of rotatable bonds is 3. The second kappa shape index (κ2) is 3.80. The van der Waals surface area contributed by atoms with E-state index in [4.69, 9.17) is 0 Å². The van der Waals surface area contributed by atoms with Gasteiger partial charge in [0.1, 0.15) is 0 Å². The highest BCUT2D eigenvalue weighted by atomic mass is 32.1. The Balaban J connectivity index is 2.23. The van der Waals surface area contributed by atoms with Gasteiger partial charge in [-0.05, 0) is 6.92 Å². The van der Waals surface area contributed by atoms with E-state index in [0.29, 0.717) is 0 Å². The molecule has 2 aromatic rings. The number of thiazole rings is 1. The fourth-order valence-electron chi connectivity index (χ4n) is 0.867. The summed E-state index contributed by atoms with van der Waals surface area (Å²) in [7, 11) is 0. The summed E-state index contributed by atoms with van der Waals surface area (Å²) in [6.45, 7) is 2.91. The molecule has 0 amide bonds. The number of anilines is 1. The van der Waals surface area contributed by atoms with Crippen LogP contribution in [0, 0.1) is 0 Å². The number of hydrogen-bond donors (Lipinski definition) is 1. The van der Waals surface area contributed by atoms with Crippen LogP contribution in [0.1, 0.15) is 6.92 Å². The lowest BCUT2D eigenvalue weighted by molar-refractivity contribution is 1.07. The van der Waals surface area contributed by atoms with Gasteiger partial charge in [-0.1, -0.05) is 11.3 Å². The van der Waals surface area contributed by atoms with Gasteiger partial charge in [-0.25, -0.2) is 0 Å².